The molecule has 0 spiro atoms. The fourth-order valence-electron chi connectivity index (χ4n) is 3.59. The molecule has 8 heteroatoms. The number of anilines is 1. The van der Waals surface area contributed by atoms with Crippen molar-refractivity contribution in [2.24, 2.45) is 11.8 Å². The first kappa shape index (κ1) is 19.8. The number of aromatic nitrogens is 3. The van der Waals surface area contributed by atoms with E-state index in [9.17, 15) is 4.79 Å². The van der Waals surface area contributed by atoms with Crippen molar-refractivity contribution in [1.82, 2.24) is 20.1 Å². The zero-order chi connectivity index (χ0) is 19.2. The Morgan fingerprint density at radius 2 is 2.11 bits per heavy atom. The quantitative estimate of drug-likeness (QED) is 0.697. The van der Waals surface area contributed by atoms with Crippen LogP contribution in [0, 0.1) is 11.8 Å². The summed E-state index contributed by atoms with van der Waals surface area (Å²) in [5.41, 5.74) is 0. The molecule has 1 amide bonds. The Morgan fingerprint density at radius 3 is 2.78 bits per heavy atom. The van der Waals surface area contributed by atoms with Crippen LogP contribution in [0.3, 0.4) is 0 Å². The van der Waals surface area contributed by atoms with Crippen LogP contribution < -0.4 is 10.2 Å². The number of hydrogen-bond acceptors (Lipinski definition) is 6. The van der Waals surface area contributed by atoms with Crippen molar-refractivity contribution in [3.05, 3.63) is 24.2 Å². The van der Waals surface area contributed by atoms with E-state index in [4.69, 9.17) is 4.42 Å². The average molecular weight is 392 g/mol. The highest BCUT2D eigenvalue weighted by Gasteiger charge is 2.27. The lowest BCUT2D eigenvalue weighted by Crippen LogP contribution is -2.40. The van der Waals surface area contributed by atoms with Crippen molar-refractivity contribution in [3.8, 4) is 0 Å². The standard InChI is InChI=1S/C19H29N5O2S/c1-4-7-20-17(25)13-27-19-22-21-18(23-10-14(2)9-15(3)11-23)24(19)12-16-6-5-8-26-16/h5-6,8,14-15H,4,7,9-13H2,1-3H3,(H,20,25)/t14-,15-/m0/s1. The van der Waals surface area contributed by atoms with Crippen LogP contribution in [0.2, 0.25) is 0 Å². The SMILES string of the molecule is CCCNC(=O)CSc1nnc(N2C[C@@H](C)C[C@H](C)C2)n1Cc1ccco1. The minimum Gasteiger partial charge on any atom is -0.467 e. The van der Waals surface area contributed by atoms with Crippen molar-refractivity contribution >= 4 is 23.6 Å². The van der Waals surface area contributed by atoms with Crippen molar-refractivity contribution in [1.29, 1.82) is 0 Å². The van der Waals surface area contributed by atoms with Crippen molar-refractivity contribution in [3.63, 3.8) is 0 Å². The highest BCUT2D eigenvalue weighted by atomic mass is 32.2. The average Bonchev–Trinajstić information content (AvgIpc) is 3.28. The smallest absolute Gasteiger partial charge is 0.230 e. The minimum absolute atomic E-state index is 0.0242. The Bertz CT molecular complexity index is 721. The van der Waals surface area contributed by atoms with Gasteiger partial charge >= 0.3 is 0 Å². The predicted octanol–water partition coefficient (Wildman–Crippen LogP) is 3.02. The number of thioether (sulfide) groups is 1. The summed E-state index contributed by atoms with van der Waals surface area (Å²) in [6.45, 7) is 9.82. The molecule has 2 aromatic heterocycles. The fourth-order valence-corrected chi connectivity index (χ4v) is 4.35. The Morgan fingerprint density at radius 1 is 1.33 bits per heavy atom. The number of nitrogens with zero attached hydrogens (tertiary/aromatic N) is 4. The van der Waals surface area contributed by atoms with Gasteiger partial charge in [-0.15, -0.1) is 10.2 Å². The molecule has 3 rings (SSSR count). The summed E-state index contributed by atoms with van der Waals surface area (Å²) in [5.74, 6) is 3.32. The topological polar surface area (TPSA) is 76.2 Å². The Hall–Kier alpha value is -1.96. The molecular formula is C19H29N5O2S. The first-order valence-corrected chi connectivity index (χ1v) is 10.6. The molecule has 1 N–H and O–H groups in total. The third-order valence-electron chi connectivity index (χ3n) is 4.65. The van der Waals surface area contributed by atoms with Crippen LogP contribution in [0.1, 0.15) is 39.4 Å². The van der Waals surface area contributed by atoms with Gasteiger partial charge in [0.25, 0.3) is 0 Å². The predicted molar refractivity (Wildman–Crippen MR) is 107 cm³/mol. The van der Waals surface area contributed by atoms with Crippen molar-refractivity contribution in [2.75, 3.05) is 30.3 Å². The van der Waals surface area contributed by atoms with Gasteiger partial charge in [-0.2, -0.15) is 0 Å². The van der Waals surface area contributed by atoms with Crippen LogP contribution in [0.4, 0.5) is 5.95 Å². The van der Waals surface area contributed by atoms with Crippen LogP contribution in [0.5, 0.6) is 0 Å². The largest absolute Gasteiger partial charge is 0.467 e. The summed E-state index contributed by atoms with van der Waals surface area (Å²) in [6, 6.07) is 3.84. The fraction of sp³-hybridized carbons (Fsp3) is 0.632. The van der Waals surface area contributed by atoms with E-state index in [0.717, 1.165) is 36.4 Å². The highest BCUT2D eigenvalue weighted by molar-refractivity contribution is 7.99. The van der Waals surface area contributed by atoms with Crippen molar-refractivity contribution in [2.45, 2.75) is 45.3 Å². The van der Waals surface area contributed by atoms with Gasteiger partial charge in [-0.3, -0.25) is 9.36 Å². The van der Waals surface area contributed by atoms with E-state index in [0.29, 0.717) is 30.7 Å². The van der Waals surface area contributed by atoms with Crippen molar-refractivity contribution < 1.29 is 9.21 Å². The second kappa shape index (κ2) is 9.30. The number of carbonyl (C=O) groups excluding carboxylic acids is 1. The molecule has 0 bridgehead atoms. The molecule has 1 fully saturated rings. The Kier molecular flexibility index (Phi) is 6.82. The number of rotatable bonds is 8. The highest BCUT2D eigenvalue weighted by Crippen LogP contribution is 2.28. The monoisotopic (exact) mass is 391 g/mol. The van der Waals surface area contributed by atoms with Crippen LogP contribution >= 0.6 is 11.8 Å². The van der Waals surface area contributed by atoms with Gasteiger partial charge < -0.3 is 14.6 Å². The van der Waals surface area contributed by atoms with E-state index in [1.54, 1.807) is 6.26 Å². The van der Waals surface area contributed by atoms with Gasteiger partial charge in [0.2, 0.25) is 11.9 Å². The van der Waals surface area contributed by atoms with Crippen LogP contribution in [0.25, 0.3) is 0 Å². The first-order valence-electron chi connectivity index (χ1n) is 9.66. The van der Waals surface area contributed by atoms with Gasteiger partial charge in [0.05, 0.1) is 18.6 Å². The molecule has 0 radical (unpaired) electrons. The molecule has 1 saturated heterocycles. The summed E-state index contributed by atoms with van der Waals surface area (Å²) < 4.78 is 7.61. The molecular weight excluding hydrogens is 362 g/mol. The maximum Gasteiger partial charge on any atom is 0.230 e. The van der Waals surface area contributed by atoms with E-state index in [1.807, 2.05) is 19.1 Å². The van der Waals surface area contributed by atoms with Gasteiger partial charge in [0.1, 0.15) is 5.76 Å². The van der Waals surface area contributed by atoms with E-state index in [-0.39, 0.29) is 5.91 Å². The molecule has 3 heterocycles. The molecule has 0 unspecified atom stereocenters. The molecule has 148 valence electrons. The van der Waals surface area contributed by atoms with Gasteiger partial charge in [-0.25, -0.2) is 0 Å². The van der Waals surface area contributed by atoms with Crippen LogP contribution in [-0.4, -0.2) is 46.1 Å². The van der Waals surface area contributed by atoms with Gasteiger partial charge in [0, 0.05) is 19.6 Å². The Balaban J connectivity index is 1.78. The van der Waals surface area contributed by atoms with E-state index < -0.39 is 0 Å². The number of carbonyl (C=O) groups is 1. The number of amides is 1. The summed E-state index contributed by atoms with van der Waals surface area (Å²) >= 11 is 1.42. The zero-order valence-electron chi connectivity index (χ0n) is 16.4. The maximum atomic E-state index is 12.0. The molecule has 2 atom stereocenters. The van der Waals surface area contributed by atoms with E-state index >= 15 is 0 Å². The third-order valence-corrected chi connectivity index (χ3v) is 5.61. The maximum absolute atomic E-state index is 12.0. The summed E-state index contributed by atoms with van der Waals surface area (Å²) in [4.78, 5) is 14.3. The molecule has 0 aromatic carbocycles. The van der Waals surface area contributed by atoms with E-state index in [1.165, 1.54) is 18.2 Å². The lowest BCUT2D eigenvalue weighted by molar-refractivity contribution is -0.118. The molecule has 0 aliphatic carbocycles. The van der Waals surface area contributed by atoms with Crippen LogP contribution in [0.15, 0.2) is 28.0 Å². The molecule has 1 aliphatic heterocycles. The normalized spacial score (nSPS) is 20.0. The van der Waals surface area contributed by atoms with Gasteiger partial charge in [0.15, 0.2) is 5.16 Å². The second-order valence-electron chi connectivity index (χ2n) is 7.44. The summed E-state index contributed by atoms with van der Waals surface area (Å²) in [6.07, 6.45) is 3.85. The van der Waals surface area contributed by atoms with Gasteiger partial charge in [-0.1, -0.05) is 32.5 Å². The summed E-state index contributed by atoms with van der Waals surface area (Å²) in [5, 5.41) is 12.5. The Labute approximate surface area is 164 Å². The number of hydrogen-bond donors (Lipinski definition) is 1. The molecule has 27 heavy (non-hydrogen) atoms. The third kappa shape index (κ3) is 5.28. The van der Waals surface area contributed by atoms with Gasteiger partial charge in [-0.05, 0) is 36.8 Å². The molecule has 0 saturated carbocycles. The first-order chi connectivity index (χ1) is 13.1. The molecule has 7 nitrogen and oxygen atoms in total. The second-order valence-corrected chi connectivity index (χ2v) is 8.38. The lowest BCUT2D eigenvalue weighted by Gasteiger charge is -2.35. The summed E-state index contributed by atoms with van der Waals surface area (Å²) in [7, 11) is 0. The lowest BCUT2D eigenvalue weighted by atomic mass is 9.92. The zero-order valence-corrected chi connectivity index (χ0v) is 17.2. The number of nitrogens with one attached hydrogen (secondary N) is 1. The molecule has 1 aliphatic rings. The van der Waals surface area contributed by atoms with E-state index in [2.05, 4.69) is 38.8 Å². The number of furan rings is 1. The molecule has 2 aromatic rings. The number of piperidine rings is 1. The minimum atomic E-state index is 0.0242. The van der Waals surface area contributed by atoms with Crippen LogP contribution in [-0.2, 0) is 11.3 Å².